The van der Waals surface area contributed by atoms with Crippen LogP contribution in [0.2, 0.25) is 0 Å². The summed E-state index contributed by atoms with van der Waals surface area (Å²) in [5.74, 6) is 4.61. The minimum atomic E-state index is -3.60. The Morgan fingerprint density at radius 3 is 2.32 bits per heavy atom. The second-order valence-corrected chi connectivity index (χ2v) is 6.40. The van der Waals surface area contributed by atoms with E-state index in [9.17, 15) is 13.2 Å². The van der Waals surface area contributed by atoms with Crippen LogP contribution in [0, 0.1) is 18.8 Å². The maximum absolute atomic E-state index is 12.0. The van der Waals surface area contributed by atoms with E-state index in [0.717, 1.165) is 5.56 Å². The number of hydrogen-bond acceptors (Lipinski definition) is 3. The van der Waals surface area contributed by atoms with Crippen LogP contribution in [0.25, 0.3) is 0 Å². The molecule has 0 amide bonds. The third-order valence-electron chi connectivity index (χ3n) is 2.92. The van der Waals surface area contributed by atoms with Gasteiger partial charge in [-0.25, -0.2) is 8.42 Å². The van der Waals surface area contributed by atoms with Crippen molar-refractivity contribution in [2.45, 2.75) is 11.8 Å². The average Bonchev–Trinajstić information content (AvgIpc) is 2.52. The summed E-state index contributed by atoms with van der Waals surface area (Å²) in [7, 11) is -3.60. The van der Waals surface area contributed by atoms with Gasteiger partial charge in [-0.1, -0.05) is 53.9 Å². The summed E-state index contributed by atoms with van der Waals surface area (Å²) < 4.78 is 26.3. The molecule has 0 saturated heterocycles. The summed E-state index contributed by atoms with van der Waals surface area (Å²) in [4.78, 5) is 11.9. The largest absolute Gasteiger partial charge is 0.279 e. The number of benzene rings is 2. The van der Waals surface area contributed by atoms with Gasteiger partial charge < -0.3 is 0 Å². The Morgan fingerprint density at radius 2 is 1.68 bits per heavy atom. The van der Waals surface area contributed by atoms with Crippen molar-refractivity contribution >= 4 is 15.8 Å². The van der Waals surface area contributed by atoms with Crippen molar-refractivity contribution < 1.29 is 13.2 Å². The first-order chi connectivity index (χ1) is 10.5. The summed E-state index contributed by atoms with van der Waals surface area (Å²) in [5, 5.41) is 0. The van der Waals surface area contributed by atoms with Gasteiger partial charge in [-0.2, -0.15) is 4.72 Å². The van der Waals surface area contributed by atoms with Gasteiger partial charge in [0.15, 0.2) is 0 Å². The number of ketones is 1. The number of nitrogens with one attached hydrogen (secondary N) is 1. The fourth-order valence-corrected chi connectivity index (χ4v) is 2.64. The third-order valence-corrected chi connectivity index (χ3v) is 4.34. The Labute approximate surface area is 130 Å². The number of sulfonamides is 1. The van der Waals surface area contributed by atoms with Crippen LogP contribution in [-0.2, 0) is 10.0 Å². The van der Waals surface area contributed by atoms with E-state index in [-0.39, 0.29) is 17.2 Å². The van der Waals surface area contributed by atoms with Gasteiger partial charge >= 0.3 is 0 Å². The zero-order valence-corrected chi connectivity index (χ0v) is 12.9. The first kappa shape index (κ1) is 16.0. The first-order valence-electron chi connectivity index (χ1n) is 6.63. The number of rotatable bonds is 4. The molecule has 2 aromatic rings. The fraction of sp³-hybridized carbons (Fsp3) is 0.118. The van der Waals surface area contributed by atoms with Gasteiger partial charge in [-0.3, -0.25) is 4.79 Å². The molecule has 2 aromatic carbocycles. The van der Waals surface area contributed by atoms with Gasteiger partial charge in [-0.05, 0) is 25.0 Å². The number of Topliss-reactive ketones (excluding diaryl/α,β-unsaturated/α-hetero) is 1. The molecule has 0 saturated carbocycles. The first-order valence-corrected chi connectivity index (χ1v) is 8.12. The van der Waals surface area contributed by atoms with E-state index in [2.05, 4.69) is 16.6 Å². The van der Waals surface area contributed by atoms with E-state index in [4.69, 9.17) is 0 Å². The molecule has 0 aromatic heterocycles. The van der Waals surface area contributed by atoms with E-state index in [0.29, 0.717) is 5.56 Å². The van der Waals surface area contributed by atoms with Crippen LogP contribution in [0.15, 0.2) is 59.5 Å². The van der Waals surface area contributed by atoms with Crippen molar-refractivity contribution in [3.05, 3.63) is 65.7 Å². The van der Waals surface area contributed by atoms with E-state index >= 15 is 0 Å². The summed E-state index contributed by atoms with van der Waals surface area (Å²) in [6.07, 6.45) is 0. The molecule has 0 unspecified atom stereocenters. The zero-order valence-electron chi connectivity index (χ0n) is 12.0. The van der Waals surface area contributed by atoms with Crippen LogP contribution < -0.4 is 4.72 Å². The lowest BCUT2D eigenvalue weighted by Crippen LogP contribution is -2.24. The highest BCUT2D eigenvalue weighted by molar-refractivity contribution is 7.89. The molecule has 5 heteroatoms. The number of carbonyl (C=O) groups is 1. The van der Waals surface area contributed by atoms with Gasteiger partial charge in [0.25, 0.3) is 0 Å². The van der Waals surface area contributed by atoms with Crippen LogP contribution in [0.4, 0.5) is 0 Å². The lowest BCUT2D eigenvalue weighted by atomic mass is 10.1. The highest BCUT2D eigenvalue weighted by Gasteiger charge is 2.11. The fourth-order valence-electron chi connectivity index (χ4n) is 1.72. The molecule has 0 fully saturated rings. The third kappa shape index (κ3) is 4.29. The SMILES string of the molecule is Cc1ccc(S(=O)(=O)NCC#CC(=O)c2ccccc2)cc1. The molecule has 22 heavy (non-hydrogen) atoms. The van der Waals surface area contributed by atoms with E-state index in [1.54, 1.807) is 42.5 Å². The van der Waals surface area contributed by atoms with Gasteiger partial charge in [0.2, 0.25) is 15.8 Å². The van der Waals surface area contributed by atoms with Gasteiger partial charge in [0, 0.05) is 5.56 Å². The number of hydrogen-bond donors (Lipinski definition) is 1. The van der Waals surface area contributed by atoms with Crippen LogP contribution >= 0.6 is 0 Å². The zero-order chi connectivity index (χ0) is 16.0. The molecule has 0 aliphatic heterocycles. The summed E-state index contributed by atoms with van der Waals surface area (Å²) >= 11 is 0. The standard InChI is InChI=1S/C17H15NO3S/c1-14-9-11-16(12-10-14)22(20,21)18-13-5-8-17(19)15-6-3-2-4-7-15/h2-4,6-7,9-12,18H,13H2,1H3. The van der Waals surface area contributed by atoms with Crippen molar-refractivity contribution in [3.63, 3.8) is 0 Å². The predicted octanol–water partition coefficient (Wildman–Crippen LogP) is 2.16. The maximum Gasteiger partial charge on any atom is 0.241 e. The monoisotopic (exact) mass is 313 g/mol. The minimum Gasteiger partial charge on any atom is -0.279 e. The Morgan fingerprint density at radius 1 is 1.05 bits per heavy atom. The molecule has 112 valence electrons. The lowest BCUT2D eigenvalue weighted by Gasteiger charge is -2.03. The lowest BCUT2D eigenvalue weighted by molar-refractivity contribution is 0.105. The van der Waals surface area contributed by atoms with E-state index in [1.165, 1.54) is 12.1 Å². The van der Waals surface area contributed by atoms with Gasteiger partial charge in [0.1, 0.15) is 0 Å². The Balaban J connectivity index is 1.98. The molecule has 0 radical (unpaired) electrons. The number of aryl methyl sites for hydroxylation is 1. The Kier molecular flexibility index (Phi) is 5.10. The smallest absolute Gasteiger partial charge is 0.241 e. The molecular weight excluding hydrogens is 298 g/mol. The summed E-state index contributed by atoms with van der Waals surface area (Å²) in [6, 6.07) is 15.1. The molecule has 0 spiro atoms. The maximum atomic E-state index is 12.0. The van der Waals surface area contributed by atoms with Crippen molar-refractivity contribution in [2.24, 2.45) is 0 Å². The summed E-state index contributed by atoms with van der Waals surface area (Å²) in [5.41, 5.74) is 1.46. The predicted molar refractivity (Wildman–Crippen MR) is 84.9 cm³/mol. The average molecular weight is 313 g/mol. The van der Waals surface area contributed by atoms with Crippen molar-refractivity contribution in [2.75, 3.05) is 6.54 Å². The normalized spacial score (nSPS) is 10.6. The van der Waals surface area contributed by atoms with Crippen molar-refractivity contribution in [1.82, 2.24) is 4.72 Å². The molecule has 1 N–H and O–H groups in total. The van der Waals surface area contributed by atoms with Gasteiger partial charge in [0.05, 0.1) is 11.4 Å². The van der Waals surface area contributed by atoms with Crippen molar-refractivity contribution in [3.8, 4) is 11.8 Å². The Bertz CT molecular complexity index is 814. The van der Waals surface area contributed by atoms with Crippen molar-refractivity contribution in [1.29, 1.82) is 0 Å². The molecule has 0 atom stereocenters. The number of carbonyl (C=O) groups excluding carboxylic acids is 1. The van der Waals surface area contributed by atoms with Crippen LogP contribution in [0.1, 0.15) is 15.9 Å². The minimum absolute atomic E-state index is 0.116. The van der Waals surface area contributed by atoms with E-state index < -0.39 is 10.0 Å². The molecule has 0 aliphatic carbocycles. The molecule has 0 heterocycles. The van der Waals surface area contributed by atoms with Crippen LogP contribution in [-0.4, -0.2) is 20.7 Å². The topological polar surface area (TPSA) is 63.2 Å². The molecule has 0 aliphatic rings. The Hall–Kier alpha value is -2.42. The molecule has 0 bridgehead atoms. The van der Waals surface area contributed by atoms with E-state index in [1.807, 2.05) is 6.92 Å². The van der Waals surface area contributed by atoms with Gasteiger partial charge in [-0.15, -0.1) is 0 Å². The molecular formula is C17H15NO3S. The molecule has 2 rings (SSSR count). The highest BCUT2D eigenvalue weighted by Crippen LogP contribution is 2.09. The van der Waals surface area contributed by atoms with Crippen LogP contribution in [0.3, 0.4) is 0 Å². The quantitative estimate of drug-likeness (QED) is 0.534. The van der Waals surface area contributed by atoms with Crippen LogP contribution in [0.5, 0.6) is 0 Å². The second kappa shape index (κ2) is 7.03. The highest BCUT2D eigenvalue weighted by atomic mass is 32.2. The summed E-state index contributed by atoms with van der Waals surface area (Å²) in [6.45, 7) is 1.76. The molecule has 4 nitrogen and oxygen atoms in total. The second-order valence-electron chi connectivity index (χ2n) is 4.63.